The Kier molecular flexibility index (Phi) is 5.70. The van der Waals surface area contributed by atoms with Crippen molar-refractivity contribution < 1.29 is 23.9 Å². The van der Waals surface area contributed by atoms with E-state index in [2.05, 4.69) is 17.4 Å². The Labute approximate surface area is 165 Å². The number of hydrogen-bond donors (Lipinski definition) is 2. The first-order valence-corrected chi connectivity index (χ1v) is 9.41. The number of carbonyl (C=O) groups excluding carboxylic acids is 1. The fourth-order valence-electron chi connectivity index (χ4n) is 3.56. The van der Waals surface area contributed by atoms with Gasteiger partial charge in [0.25, 0.3) is 0 Å². The molecular weight excluding hydrogens is 356 g/mol. The lowest BCUT2D eigenvalue weighted by Gasteiger charge is -2.25. The summed E-state index contributed by atoms with van der Waals surface area (Å²) in [5.41, 5.74) is 4.55. The third kappa shape index (κ3) is 4.51. The number of benzene rings is 2. The van der Waals surface area contributed by atoms with Crippen LogP contribution in [0.15, 0.2) is 48.5 Å². The Morgan fingerprint density at radius 3 is 2.07 bits per heavy atom. The summed E-state index contributed by atoms with van der Waals surface area (Å²) in [5, 5.41) is 11.9. The molecule has 0 unspecified atom stereocenters. The van der Waals surface area contributed by atoms with Gasteiger partial charge in [0.15, 0.2) is 0 Å². The summed E-state index contributed by atoms with van der Waals surface area (Å²) in [4.78, 5) is 23.7. The number of quaternary nitrogens is 1. The fourth-order valence-corrected chi connectivity index (χ4v) is 3.56. The molecule has 0 aromatic heterocycles. The Balaban J connectivity index is 1.65. The number of carbonyl (C=O) groups is 2. The smallest absolute Gasteiger partial charge is 0.407 e. The van der Waals surface area contributed by atoms with Gasteiger partial charge < -0.3 is 19.6 Å². The minimum atomic E-state index is -1.05. The van der Waals surface area contributed by atoms with E-state index in [0.717, 1.165) is 22.3 Å². The van der Waals surface area contributed by atoms with Crippen molar-refractivity contribution in [3.8, 4) is 11.1 Å². The van der Waals surface area contributed by atoms with Gasteiger partial charge in [-0.1, -0.05) is 48.5 Å². The van der Waals surface area contributed by atoms with Gasteiger partial charge in [-0.05, 0) is 22.3 Å². The molecular formula is C22H27N2O4+. The summed E-state index contributed by atoms with van der Waals surface area (Å²) in [7, 11) is 5.94. The topological polar surface area (TPSA) is 75.6 Å². The Morgan fingerprint density at radius 2 is 1.57 bits per heavy atom. The number of aliphatic carboxylic acids is 1. The molecule has 2 aromatic carbocycles. The zero-order valence-electron chi connectivity index (χ0n) is 16.5. The van der Waals surface area contributed by atoms with Gasteiger partial charge in [-0.25, -0.2) is 9.59 Å². The van der Waals surface area contributed by atoms with E-state index in [9.17, 15) is 14.7 Å². The SMILES string of the molecule is C[N+](C)(C)CC[C@@H](NC(=O)OCC1c2ccccc2-c2ccccc21)C(=O)O. The second kappa shape index (κ2) is 8.02. The minimum Gasteiger partial charge on any atom is -0.480 e. The van der Waals surface area contributed by atoms with E-state index in [4.69, 9.17) is 4.74 Å². The number of fused-ring (bicyclic) bond motifs is 3. The van der Waals surface area contributed by atoms with Crippen molar-refractivity contribution in [2.75, 3.05) is 34.3 Å². The largest absolute Gasteiger partial charge is 0.480 e. The molecule has 0 spiro atoms. The van der Waals surface area contributed by atoms with Gasteiger partial charge in [-0.3, -0.25) is 0 Å². The van der Waals surface area contributed by atoms with E-state index in [1.54, 1.807) is 0 Å². The first kappa shape index (κ1) is 19.9. The quantitative estimate of drug-likeness (QED) is 0.721. The van der Waals surface area contributed by atoms with Crippen LogP contribution in [0.4, 0.5) is 4.79 Å². The molecule has 6 heteroatoms. The number of nitrogens with zero attached hydrogens (tertiary/aromatic N) is 1. The highest BCUT2D eigenvalue weighted by atomic mass is 16.5. The van der Waals surface area contributed by atoms with E-state index >= 15 is 0 Å². The molecule has 0 heterocycles. The fraction of sp³-hybridized carbons (Fsp3) is 0.364. The van der Waals surface area contributed by atoms with Gasteiger partial charge in [0.05, 0.1) is 27.7 Å². The average molecular weight is 383 g/mol. The lowest BCUT2D eigenvalue weighted by atomic mass is 9.98. The number of alkyl carbamates (subject to hydrolysis) is 1. The molecule has 1 amide bonds. The van der Waals surface area contributed by atoms with Crippen LogP contribution < -0.4 is 5.32 Å². The highest BCUT2D eigenvalue weighted by molar-refractivity contribution is 5.81. The third-order valence-electron chi connectivity index (χ3n) is 5.02. The van der Waals surface area contributed by atoms with Crippen molar-refractivity contribution in [2.24, 2.45) is 0 Å². The first-order valence-electron chi connectivity index (χ1n) is 9.41. The number of carboxylic acid groups (broad SMARTS) is 1. The number of ether oxygens (including phenoxy) is 1. The van der Waals surface area contributed by atoms with E-state index in [0.29, 0.717) is 17.4 Å². The summed E-state index contributed by atoms with van der Waals surface area (Å²) < 4.78 is 6.05. The van der Waals surface area contributed by atoms with Crippen LogP contribution in [0.5, 0.6) is 0 Å². The summed E-state index contributed by atoms with van der Waals surface area (Å²) in [5.74, 6) is -1.10. The minimum absolute atomic E-state index is 0.0485. The zero-order valence-corrected chi connectivity index (χ0v) is 16.5. The van der Waals surface area contributed by atoms with Crippen LogP contribution >= 0.6 is 0 Å². The Morgan fingerprint density at radius 1 is 1.04 bits per heavy atom. The molecule has 1 aliphatic carbocycles. The predicted molar refractivity (Wildman–Crippen MR) is 107 cm³/mol. The molecule has 0 saturated carbocycles. The average Bonchev–Trinajstić information content (AvgIpc) is 2.96. The summed E-state index contributed by atoms with van der Waals surface area (Å²) in [6, 6.07) is 15.2. The summed E-state index contributed by atoms with van der Waals surface area (Å²) in [6.45, 7) is 0.794. The second-order valence-corrected chi connectivity index (χ2v) is 8.16. The maximum atomic E-state index is 12.3. The molecule has 6 nitrogen and oxygen atoms in total. The van der Waals surface area contributed by atoms with E-state index in [1.165, 1.54) is 0 Å². The molecule has 2 aromatic rings. The predicted octanol–water partition coefficient (Wildman–Crippen LogP) is 3.07. The standard InChI is InChI=1S/C22H26N2O4/c1-24(2,3)13-12-20(21(25)26)23-22(27)28-14-19-17-10-6-4-8-15(17)16-9-5-7-11-18(16)19/h4-11,19-20H,12-14H2,1-3H3,(H-,23,25,26,27)/p+1/t20-/m1/s1. The summed E-state index contributed by atoms with van der Waals surface area (Å²) >= 11 is 0. The van der Waals surface area contributed by atoms with Gasteiger partial charge in [-0.2, -0.15) is 0 Å². The molecule has 3 rings (SSSR count). The van der Waals surface area contributed by atoms with Crippen LogP contribution in [-0.4, -0.2) is 62.0 Å². The monoisotopic (exact) mass is 383 g/mol. The molecule has 0 saturated heterocycles. The number of rotatable bonds is 7. The van der Waals surface area contributed by atoms with Crippen LogP contribution in [-0.2, 0) is 9.53 Å². The lowest BCUT2D eigenvalue weighted by molar-refractivity contribution is -0.870. The molecule has 0 bridgehead atoms. The van der Waals surface area contributed by atoms with Gasteiger partial charge in [0, 0.05) is 12.3 Å². The highest BCUT2D eigenvalue weighted by Gasteiger charge is 2.30. The Hall–Kier alpha value is -2.86. The van der Waals surface area contributed by atoms with Crippen LogP contribution in [0, 0.1) is 0 Å². The molecule has 148 valence electrons. The molecule has 2 N–H and O–H groups in total. The molecule has 0 fully saturated rings. The first-order chi connectivity index (χ1) is 13.3. The van der Waals surface area contributed by atoms with Gasteiger partial charge >= 0.3 is 12.1 Å². The van der Waals surface area contributed by atoms with Crippen LogP contribution in [0.2, 0.25) is 0 Å². The van der Waals surface area contributed by atoms with E-state index in [1.807, 2.05) is 57.5 Å². The number of carboxylic acids is 1. The molecule has 1 atom stereocenters. The van der Waals surface area contributed by atoms with Crippen molar-refractivity contribution in [2.45, 2.75) is 18.4 Å². The maximum absolute atomic E-state index is 12.3. The van der Waals surface area contributed by atoms with E-state index < -0.39 is 18.1 Å². The van der Waals surface area contributed by atoms with Crippen LogP contribution in [0.25, 0.3) is 11.1 Å². The highest BCUT2D eigenvalue weighted by Crippen LogP contribution is 2.44. The second-order valence-electron chi connectivity index (χ2n) is 8.16. The molecule has 1 aliphatic rings. The van der Waals surface area contributed by atoms with Crippen molar-refractivity contribution >= 4 is 12.1 Å². The van der Waals surface area contributed by atoms with E-state index in [-0.39, 0.29) is 12.5 Å². The van der Waals surface area contributed by atoms with Gasteiger partial charge in [-0.15, -0.1) is 0 Å². The zero-order chi connectivity index (χ0) is 20.3. The van der Waals surface area contributed by atoms with Gasteiger partial charge in [0.2, 0.25) is 0 Å². The number of nitrogens with one attached hydrogen (secondary N) is 1. The van der Waals surface area contributed by atoms with Crippen molar-refractivity contribution in [3.05, 3.63) is 59.7 Å². The van der Waals surface area contributed by atoms with Crippen molar-refractivity contribution in [3.63, 3.8) is 0 Å². The summed E-state index contributed by atoms with van der Waals surface area (Å²) in [6.07, 6.45) is -0.362. The molecule has 0 aliphatic heterocycles. The van der Waals surface area contributed by atoms with Crippen LogP contribution in [0.3, 0.4) is 0 Å². The normalized spacial score (nSPS) is 14.1. The van der Waals surface area contributed by atoms with Crippen molar-refractivity contribution in [1.29, 1.82) is 0 Å². The number of hydrogen-bond acceptors (Lipinski definition) is 3. The molecule has 0 radical (unpaired) electrons. The Bertz CT molecular complexity index is 827. The van der Waals surface area contributed by atoms with Crippen LogP contribution in [0.1, 0.15) is 23.5 Å². The number of amides is 1. The van der Waals surface area contributed by atoms with Crippen molar-refractivity contribution in [1.82, 2.24) is 5.32 Å². The lowest BCUT2D eigenvalue weighted by Crippen LogP contribution is -2.45. The van der Waals surface area contributed by atoms with Gasteiger partial charge in [0.1, 0.15) is 12.6 Å². The third-order valence-corrected chi connectivity index (χ3v) is 5.02. The molecule has 28 heavy (non-hydrogen) atoms. The maximum Gasteiger partial charge on any atom is 0.407 e.